The van der Waals surface area contributed by atoms with Crippen molar-refractivity contribution in [3.63, 3.8) is 0 Å². The molecule has 1 aliphatic heterocycles. The second kappa shape index (κ2) is 10.2. The minimum atomic E-state index is -3.83. The molecule has 0 bridgehead atoms. The van der Waals surface area contributed by atoms with E-state index in [1.807, 2.05) is 6.92 Å². The molecular weight excluding hydrogens is 395 g/mol. The normalized spacial score (nSPS) is 15.5. The number of rotatable bonds is 9. The highest BCUT2D eigenvalue weighted by molar-refractivity contribution is 7.49. The van der Waals surface area contributed by atoms with Gasteiger partial charge in [-0.3, -0.25) is 18.6 Å². The van der Waals surface area contributed by atoms with Gasteiger partial charge in [0.05, 0.1) is 26.1 Å². The lowest BCUT2D eigenvalue weighted by molar-refractivity contribution is -0.154. The molecule has 1 saturated heterocycles. The predicted molar refractivity (Wildman–Crippen MR) is 93.8 cm³/mol. The number of hydrogen-bond donors (Lipinski definition) is 1. The van der Waals surface area contributed by atoms with Crippen molar-refractivity contribution in [2.24, 2.45) is 0 Å². The van der Waals surface area contributed by atoms with Crippen molar-refractivity contribution in [2.45, 2.75) is 32.6 Å². The van der Waals surface area contributed by atoms with Crippen molar-refractivity contribution >= 4 is 25.7 Å². The molecule has 1 fully saturated rings. The molecule has 1 heterocycles. The van der Waals surface area contributed by atoms with Crippen LogP contribution in [0.4, 0.5) is 0 Å². The molecule has 0 radical (unpaired) electrons. The van der Waals surface area contributed by atoms with E-state index in [0.29, 0.717) is 12.8 Å². The van der Waals surface area contributed by atoms with Gasteiger partial charge in [0.2, 0.25) is 6.79 Å². The number of hydrogen-bond acceptors (Lipinski definition) is 9. The van der Waals surface area contributed by atoms with Gasteiger partial charge in [-0.05, 0) is 30.5 Å². The summed E-state index contributed by atoms with van der Waals surface area (Å²) in [4.78, 5) is 34.1. The second-order valence-corrected chi connectivity index (χ2v) is 7.30. The van der Waals surface area contributed by atoms with Gasteiger partial charge < -0.3 is 19.1 Å². The minimum absolute atomic E-state index is 0.0334. The van der Waals surface area contributed by atoms with Gasteiger partial charge in [-0.2, -0.15) is 0 Å². The molecule has 154 valence electrons. The number of phosphoric acid groups is 1. The Morgan fingerprint density at radius 2 is 1.86 bits per heavy atom. The third-order valence-electron chi connectivity index (χ3n) is 3.62. The highest BCUT2D eigenvalue weighted by Crippen LogP contribution is 2.52. The molecule has 1 aromatic carbocycles. The quantitative estimate of drug-likeness (QED) is 0.364. The topological polar surface area (TPSA) is 135 Å². The molecule has 0 aliphatic carbocycles. The summed E-state index contributed by atoms with van der Waals surface area (Å²) in [7, 11) is -3.83. The summed E-state index contributed by atoms with van der Waals surface area (Å²) in [5.41, 5.74) is 0.760. The summed E-state index contributed by atoms with van der Waals surface area (Å²) >= 11 is 0. The van der Waals surface area contributed by atoms with Crippen LogP contribution in [0.15, 0.2) is 18.2 Å². The molecule has 2 rings (SSSR count). The molecule has 0 saturated carbocycles. The maximum atomic E-state index is 12.4. The average Bonchev–Trinajstić information content (AvgIpc) is 2.66. The minimum Gasteiger partial charge on any atom is -0.481 e. The largest absolute Gasteiger partial charge is 0.530 e. The van der Waals surface area contributed by atoms with E-state index in [4.69, 9.17) is 23.4 Å². The SMILES string of the molecule is CCc1ccc(OP2(=O)OCCCO2)c(C(=O)OCOC(=O)CCC(=O)O)c1. The monoisotopic (exact) mass is 416 g/mol. The Morgan fingerprint density at radius 3 is 2.50 bits per heavy atom. The molecule has 1 aromatic rings. The van der Waals surface area contributed by atoms with E-state index in [-0.39, 0.29) is 30.9 Å². The standard InChI is InChI=1S/C17H21O10P/c1-2-12-4-5-14(27-28(22)25-8-3-9-26-28)13(10-12)17(21)24-11-23-16(20)7-6-15(18)19/h4-5,10H,2-3,6-9,11H2,1H3,(H,18,19). The summed E-state index contributed by atoms with van der Waals surface area (Å²) < 4.78 is 37.4. The molecule has 0 spiro atoms. The number of aryl methyl sites for hydroxylation is 1. The van der Waals surface area contributed by atoms with E-state index < -0.39 is 38.9 Å². The molecule has 28 heavy (non-hydrogen) atoms. The molecular formula is C17H21O10P. The summed E-state index contributed by atoms with van der Waals surface area (Å²) in [5.74, 6) is -2.89. The first-order valence-corrected chi connectivity index (χ1v) is 10.0. The van der Waals surface area contributed by atoms with Crippen LogP contribution in [0.3, 0.4) is 0 Å². The Kier molecular flexibility index (Phi) is 7.98. The van der Waals surface area contributed by atoms with Crippen molar-refractivity contribution in [3.8, 4) is 5.75 Å². The first-order chi connectivity index (χ1) is 13.3. The highest BCUT2D eigenvalue weighted by Gasteiger charge is 2.33. The van der Waals surface area contributed by atoms with E-state index in [9.17, 15) is 18.9 Å². The molecule has 10 nitrogen and oxygen atoms in total. The number of esters is 2. The number of ether oxygens (including phenoxy) is 2. The summed E-state index contributed by atoms with van der Waals surface area (Å²) in [6.07, 6.45) is 0.461. The van der Waals surface area contributed by atoms with E-state index in [2.05, 4.69) is 4.74 Å². The summed E-state index contributed by atoms with van der Waals surface area (Å²) in [6.45, 7) is 1.59. The molecule has 0 amide bonds. The van der Waals surface area contributed by atoms with E-state index in [1.54, 1.807) is 6.07 Å². The number of carboxylic acids is 1. The molecule has 0 aromatic heterocycles. The number of carboxylic acid groups (broad SMARTS) is 1. The molecule has 1 N–H and O–H groups in total. The number of phosphoric ester groups is 1. The van der Waals surface area contributed by atoms with Gasteiger partial charge in [-0.1, -0.05) is 13.0 Å². The van der Waals surface area contributed by atoms with Crippen LogP contribution in [0.2, 0.25) is 0 Å². The van der Waals surface area contributed by atoms with Gasteiger partial charge in [0, 0.05) is 0 Å². The number of aliphatic carboxylic acids is 1. The lowest BCUT2D eigenvalue weighted by Crippen LogP contribution is -2.16. The Morgan fingerprint density at radius 1 is 1.14 bits per heavy atom. The Bertz CT molecular complexity index is 765. The van der Waals surface area contributed by atoms with Crippen molar-refractivity contribution in [1.29, 1.82) is 0 Å². The zero-order chi connectivity index (χ0) is 20.6. The van der Waals surface area contributed by atoms with Gasteiger partial charge in [0.25, 0.3) is 0 Å². The summed E-state index contributed by atoms with van der Waals surface area (Å²) in [6, 6.07) is 4.64. The van der Waals surface area contributed by atoms with Crippen LogP contribution in [-0.4, -0.2) is 43.0 Å². The lowest BCUT2D eigenvalue weighted by atomic mass is 10.1. The number of carbonyl (C=O) groups excluding carboxylic acids is 2. The van der Waals surface area contributed by atoms with Crippen molar-refractivity contribution in [3.05, 3.63) is 29.3 Å². The molecule has 0 unspecified atom stereocenters. The molecule has 1 aliphatic rings. The fraction of sp³-hybridized carbons (Fsp3) is 0.471. The zero-order valence-corrected chi connectivity index (χ0v) is 16.1. The first-order valence-electron chi connectivity index (χ1n) is 8.59. The van der Waals surface area contributed by atoms with Crippen molar-refractivity contribution in [2.75, 3.05) is 20.0 Å². The lowest BCUT2D eigenvalue weighted by Gasteiger charge is -2.23. The third kappa shape index (κ3) is 6.63. The van der Waals surface area contributed by atoms with Gasteiger partial charge >= 0.3 is 25.7 Å². The smallest absolute Gasteiger partial charge is 0.481 e. The van der Waals surface area contributed by atoms with Crippen LogP contribution >= 0.6 is 7.82 Å². The van der Waals surface area contributed by atoms with E-state index in [0.717, 1.165) is 5.56 Å². The maximum Gasteiger partial charge on any atom is 0.530 e. The van der Waals surface area contributed by atoms with E-state index >= 15 is 0 Å². The predicted octanol–water partition coefficient (Wildman–Crippen LogP) is 2.70. The van der Waals surface area contributed by atoms with Gasteiger partial charge in [-0.15, -0.1) is 0 Å². The van der Waals surface area contributed by atoms with Crippen LogP contribution in [0.5, 0.6) is 5.75 Å². The highest BCUT2D eigenvalue weighted by atomic mass is 31.2. The maximum absolute atomic E-state index is 12.4. The number of benzene rings is 1. The van der Waals surface area contributed by atoms with Gasteiger partial charge in [-0.25, -0.2) is 9.36 Å². The Hall–Kier alpha value is -2.42. The Labute approximate surface area is 161 Å². The zero-order valence-electron chi connectivity index (χ0n) is 15.3. The third-order valence-corrected chi connectivity index (χ3v) is 5.04. The van der Waals surface area contributed by atoms with Crippen LogP contribution in [0.1, 0.15) is 42.1 Å². The molecule has 0 atom stereocenters. The van der Waals surface area contributed by atoms with Crippen LogP contribution < -0.4 is 4.52 Å². The van der Waals surface area contributed by atoms with Crippen LogP contribution in [0.25, 0.3) is 0 Å². The number of carbonyl (C=O) groups is 3. The van der Waals surface area contributed by atoms with Gasteiger partial charge in [0.15, 0.2) is 0 Å². The fourth-order valence-corrected chi connectivity index (χ4v) is 3.45. The van der Waals surface area contributed by atoms with Crippen molar-refractivity contribution in [1.82, 2.24) is 0 Å². The van der Waals surface area contributed by atoms with Crippen molar-refractivity contribution < 1.29 is 47.1 Å². The summed E-state index contributed by atoms with van der Waals surface area (Å²) in [5, 5.41) is 8.51. The average molecular weight is 416 g/mol. The Balaban J connectivity index is 2.03. The van der Waals surface area contributed by atoms with E-state index in [1.165, 1.54) is 12.1 Å². The van der Waals surface area contributed by atoms with Crippen LogP contribution in [0, 0.1) is 0 Å². The van der Waals surface area contributed by atoms with Gasteiger partial charge in [0.1, 0.15) is 11.3 Å². The molecule has 11 heteroatoms. The first kappa shape index (κ1) is 21.9. The van der Waals surface area contributed by atoms with Crippen LogP contribution in [-0.2, 0) is 39.1 Å². The second-order valence-electron chi connectivity index (χ2n) is 5.70. The fourth-order valence-electron chi connectivity index (χ4n) is 2.17.